The van der Waals surface area contributed by atoms with E-state index in [4.69, 9.17) is 0 Å². The van der Waals surface area contributed by atoms with Gasteiger partial charge in [0.15, 0.2) is 0 Å². The van der Waals surface area contributed by atoms with Crippen LogP contribution in [0, 0.1) is 0 Å². The summed E-state index contributed by atoms with van der Waals surface area (Å²) in [6.45, 7) is 14.5. The van der Waals surface area contributed by atoms with Crippen molar-refractivity contribution in [2.75, 3.05) is 9.80 Å². The lowest BCUT2D eigenvalue weighted by molar-refractivity contribution is 1.28. The maximum Gasteiger partial charge on any atom is 0.0775 e. The highest BCUT2D eigenvalue weighted by Gasteiger charge is 2.25. The smallest absolute Gasteiger partial charge is 0.0775 e. The van der Waals surface area contributed by atoms with Crippen molar-refractivity contribution in [2.24, 2.45) is 0 Å². The molecule has 0 aromatic heterocycles. The van der Waals surface area contributed by atoms with Gasteiger partial charge in [0.1, 0.15) is 0 Å². The highest BCUT2D eigenvalue weighted by molar-refractivity contribution is 6.89. The van der Waals surface area contributed by atoms with Crippen LogP contribution < -0.4 is 20.2 Å². The van der Waals surface area contributed by atoms with Gasteiger partial charge in [0.05, 0.1) is 16.1 Å². The van der Waals surface area contributed by atoms with E-state index >= 15 is 0 Å². The van der Waals surface area contributed by atoms with Crippen molar-refractivity contribution >= 4 is 115 Å². The Morgan fingerprint density at radius 3 is 0.667 bits per heavy atom. The second-order valence-electron chi connectivity index (χ2n) is 24.4. The van der Waals surface area contributed by atoms with Gasteiger partial charge in [-0.25, -0.2) is 0 Å². The molecule has 0 unspecified atom stereocenters. The second kappa shape index (κ2) is 21.3. The zero-order valence-corrected chi connectivity index (χ0v) is 50.6. The Morgan fingerprint density at radius 1 is 0.190 bits per heavy atom. The summed E-state index contributed by atoms with van der Waals surface area (Å²) in [7, 11) is -2.93. The molecule has 0 aliphatic rings. The van der Waals surface area contributed by atoms with Crippen molar-refractivity contribution in [3.63, 3.8) is 0 Å². The van der Waals surface area contributed by atoms with E-state index in [9.17, 15) is 0 Å². The van der Waals surface area contributed by atoms with Crippen LogP contribution in [0.5, 0.6) is 0 Å². The fourth-order valence-corrected chi connectivity index (χ4v) is 15.4. The first-order valence-corrected chi connectivity index (χ1v) is 36.5. The van der Waals surface area contributed by atoms with Gasteiger partial charge in [0.2, 0.25) is 0 Å². The topological polar surface area (TPSA) is 6.48 Å². The van der Waals surface area contributed by atoms with Crippen molar-refractivity contribution in [1.82, 2.24) is 0 Å². The molecule has 0 bridgehead atoms. The van der Waals surface area contributed by atoms with E-state index < -0.39 is 16.1 Å². The SMILES string of the molecule is C[Si](C)(C)c1ccc(N(c2ccccc2)c2ccc(-c3c4ccccc4c(-c4ccc(-c5c6ccccc6c(-c6ccc(N(c7ccccc7)c7ccc([Si](C)(C)C)cc7)cc6)c6ccccc56)c5ccccc45)c4ccccc34)cc2)cc1. The maximum atomic E-state index is 2.41. The van der Waals surface area contributed by atoms with Crippen molar-refractivity contribution < 1.29 is 0 Å². The molecule has 14 aromatic carbocycles. The van der Waals surface area contributed by atoms with E-state index in [1.54, 1.807) is 0 Å². The molecule has 0 aliphatic carbocycles. The molecule has 84 heavy (non-hydrogen) atoms. The minimum atomic E-state index is -1.47. The summed E-state index contributed by atoms with van der Waals surface area (Å²) in [5, 5.41) is 15.3. The van der Waals surface area contributed by atoms with Gasteiger partial charge in [-0.15, -0.1) is 0 Å². The first kappa shape index (κ1) is 52.5. The number of anilines is 6. The predicted molar refractivity (Wildman–Crippen MR) is 371 cm³/mol. The number of nitrogens with zero attached hydrogens (tertiary/aromatic N) is 2. The van der Waals surface area contributed by atoms with E-state index in [2.05, 4.69) is 340 Å². The number of fused-ring (bicyclic) bond motifs is 5. The van der Waals surface area contributed by atoms with Crippen LogP contribution in [-0.4, -0.2) is 16.1 Å². The molecule has 0 N–H and O–H groups in total. The molecule has 0 radical (unpaired) electrons. The van der Waals surface area contributed by atoms with Crippen molar-refractivity contribution in [2.45, 2.75) is 39.3 Å². The molecule has 0 amide bonds. The monoisotopic (exact) mass is 1110 g/mol. The van der Waals surface area contributed by atoms with E-state index in [-0.39, 0.29) is 0 Å². The Morgan fingerprint density at radius 2 is 0.405 bits per heavy atom. The third-order valence-electron chi connectivity index (χ3n) is 17.2. The second-order valence-corrected chi connectivity index (χ2v) is 34.6. The van der Waals surface area contributed by atoms with Crippen LogP contribution in [0.25, 0.3) is 98.4 Å². The van der Waals surface area contributed by atoms with Gasteiger partial charge in [-0.05, 0) is 171 Å². The third-order valence-corrected chi connectivity index (χ3v) is 21.3. The first-order valence-electron chi connectivity index (χ1n) is 29.5. The minimum absolute atomic E-state index is 1.12. The molecular weight excluding hydrogens is 1050 g/mol. The highest BCUT2D eigenvalue weighted by Crippen LogP contribution is 2.50. The Kier molecular flexibility index (Phi) is 13.3. The molecule has 0 spiro atoms. The lowest BCUT2D eigenvalue weighted by Gasteiger charge is -2.27. The minimum Gasteiger partial charge on any atom is -0.311 e. The number of hydrogen-bond acceptors (Lipinski definition) is 2. The van der Waals surface area contributed by atoms with E-state index in [0.29, 0.717) is 0 Å². The average Bonchev–Trinajstić information content (AvgIpc) is 1.10. The molecule has 4 heteroatoms. The van der Waals surface area contributed by atoms with E-state index in [0.717, 1.165) is 34.1 Å². The van der Waals surface area contributed by atoms with E-state index in [1.807, 2.05) is 0 Å². The number of rotatable bonds is 12. The van der Waals surface area contributed by atoms with Gasteiger partial charge >= 0.3 is 0 Å². The summed E-state index contributed by atoms with van der Waals surface area (Å²) in [5.41, 5.74) is 16.7. The summed E-state index contributed by atoms with van der Waals surface area (Å²) >= 11 is 0. The van der Waals surface area contributed by atoms with Gasteiger partial charge in [-0.2, -0.15) is 0 Å². The van der Waals surface area contributed by atoms with Crippen LogP contribution >= 0.6 is 0 Å². The van der Waals surface area contributed by atoms with Crippen LogP contribution in [0.15, 0.2) is 291 Å². The fourth-order valence-electron chi connectivity index (χ4n) is 13.0. The average molecular weight is 1110 g/mol. The van der Waals surface area contributed by atoms with Crippen LogP contribution in [0.1, 0.15) is 0 Å². The molecule has 0 aliphatic heterocycles. The van der Waals surface area contributed by atoms with Crippen LogP contribution in [0.4, 0.5) is 34.1 Å². The Bertz CT molecular complexity index is 4330. The number of hydrogen-bond donors (Lipinski definition) is 0. The van der Waals surface area contributed by atoms with E-state index in [1.165, 1.54) is 109 Å². The normalized spacial score (nSPS) is 11.9. The zero-order valence-electron chi connectivity index (χ0n) is 48.6. The molecule has 0 saturated carbocycles. The van der Waals surface area contributed by atoms with Gasteiger partial charge in [-0.3, -0.25) is 0 Å². The quantitative estimate of drug-likeness (QED) is 0.0889. The zero-order chi connectivity index (χ0) is 57.1. The van der Waals surface area contributed by atoms with Gasteiger partial charge in [-0.1, -0.05) is 268 Å². The maximum absolute atomic E-state index is 2.41. The Hall–Kier alpha value is -9.59. The molecule has 0 heterocycles. The third kappa shape index (κ3) is 9.38. The lowest BCUT2D eigenvalue weighted by atomic mass is 9.82. The number of para-hydroxylation sites is 2. The Balaban J connectivity index is 0.886. The van der Waals surface area contributed by atoms with Crippen molar-refractivity contribution in [3.05, 3.63) is 291 Å². The van der Waals surface area contributed by atoms with Crippen LogP contribution in [0.2, 0.25) is 39.3 Å². The molecule has 14 aromatic rings. The summed E-state index contributed by atoms with van der Waals surface area (Å²) < 4.78 is 0. The molecule has 404 valence electrons. The first-order chi connectivity index (χ1) is 41.0. The lowest BCUT2D eigenvalue weighted by Crippen LogP contribution is -2.37. The summed E-state index contributed by atoms with van der Waals surface area (Å²) in [6.07, 6.45) is 0. The molecule has 0 saturated heterocycles. The molecular formula is C80H66N2Si2. The predicted octanol–water partition coefficient (Wildman–Crippen LogP) is 22.2. The van der Waals surface area contributed by atoms with Crippen LogP contribution in [-0.2, 0) is 0 Å². The van der Waals surface area contributed by atoms with Gasteiger partial charge in [0.25, 0.3) is 0 Å². The van der Waals surface area contributed by atoms with Gasteiger partial charge < -0.3 is 9.80 Å². The molecule has 14 rings (SSSR count). The summed E-state index contributed by atoms with van der Waals surface area (Å²) in [6, 6.07) is 109. The standard InChI is InChI=1S/C80H66N2Si2/c1-83(2,3)63-49-45-61(46-50-63)81(57-23-9-7-10-24-57)59-41-37-55(38-42-59)77-67-29-15-19-33-71(67)79(72-34-20-16-30-68(72)77)75-53-54-76(66-28-14-13-27-65(66)75)80-73-35-21-17-31-69(73)78(70-32-18-22-36-74(70)80)56-39-43-60(44-40-56)82(58-25-11-8-12-26-58)62-47-51-64(52-48-62)84(4,5)6/h7-54H,1-6H3. The molecule has 2 nitrogen and oxygen atoms in total. The summed E-state index contributed by atoms with van der Waals surface area (Å²) in [4.78, 5) is 4.75. The Labute approximate surface area is 496 Å². The van der Waals surface area contributed by atoms with Crippen LogP contribution in [0.3, 0.4) is 0 Å². The molecule has 0 fully saturated rings. The fraction of sp³-hybridized carbons (Fsp3) is 0.0750. The molecule has 0 atom stereocenters. The number of benzene rings is 14. The van der Waals surface area contributed by atoms with Crippen molar-refractivity contribution in [1.29, 1.82) is 0 Å². The largest absolute Gasteiger partial charge is 0.311 e. The van der Waals surface area contributed by atoms with Crippen molar-refractivity contribution in [3.8, 4) is 44.5 Å². The summed E-state index contributed by atoms with van der Waals surface area (Å²) in [5.74, 6) is 0. The highest BCUT2D eigenvalue weighted by atomic mass is 28.3. The van der Waals surface area contributed by atoms with Gasteiger partial charge in [0, 0.05) is 34.1 Å².